The van der Waals surface area contributed by atoms with Crippen molar-refractivity contribution in [1.29, 1.82) is 5.26 Å². The summed E-state index contributed by atoms with van der Waals surface area (Å²) in [6.45, 7) is 0. The highest BCUT2D eigenvalue weighted by Gasteiger charge is 2.16. The van der Waals surface area contributed by atoms with E-state index in [9.17, 15) is 10.1 Å². The largest absolute Gasteiger partial charge is 0.445 e. The van der Waals surface area contributed by atoms with Crippen LogP contribution in [0, 0.1) is 21.4 Å². The topological polar surface area (TPSA) is 80.1 Å². The first-order chi connectivity index (χ1) is 7.72. The number of para-hydroxylation sites is 1. The van der Waals surface area contributed by atoms with E-state index < -0.39 is 4.92 Å². The molecule has 1 aromatic heterocycles. The minimum atomic E-state index is -0.482. The SMILES string of the molecule is N#Cc1ccc(-c2ccccc2[N+](=O)[O-])o1. The van der Waals surface area contributed by atoms with Gasteiger partial charge in [0.1, 0.15) is 11.8 Å². The van der Waals surface area contributed by atoms with Crippen molar-refractivity contribution >= 4 is 5.69 Å². The van der Waals surface area contributed by atoms with Crippen LogP contribution in [-0.4, -0.2) is 4.92 Å². The van der Waals surface area contributed by atoms with Crippen LogP contribution in [0.25, 0.3) is 11.3 Å². The van der Waals surface area contributed by atoms with Crippen molar-refractivity contribution in [2.75, 3.05) is 0 Å². The Morgan fingerprint density at radius 2 is 2.00 bits per heavy atom. The number of hydrogen-bond acceptors (Lipinski definition) is 4. The number of rotatable bonds is 2. The molecule has 0 aliphatic heterocycles. The minimum absolute atomic E-state index is 0.0404. The lowest BCUT2D eigenvalue weighted by atomic mass is 10.1. The zero-order chi connectivity index (χ0) is 11.5. The van der Waals surface area contributed by atoms with Gasteiger partial charge in [-0.1, -0.05) is 12.1 Å². The van der Waals surface area contributed by atoms with Gasteiger partial charge in [0.2, 0.25) is 5.76 Å². The first-order valence-electron chi connectivity index (χ1n) is 4.46. The maximum Gasteiger partial charge on any atom is 0.280 e. The van der Waals surface area contributed by atoms with Crippen molar-refractivity contribution in [2.45, 2.75) is 0 Å². The zero-order valence-corrected chi connectivity index (χ0v) is 8.08. The molecule has 2 aromatic rings. The molecule has 0 amide bonds. The number of nitro groups is 1. The molecule has 5 heteroatoms. The van der Waals surface area contributed by atoms with Crippen molar-refractivity contribution in [3.05, 3.63) is 52.3 Å². The standard InChI is InChI=1S/C11H6N2O3/c12-7-8-5-6-11(16-8)9-3-1-2-4-10(9)13(14)15/h1-6H. The van der Waals surface area contributed by atoms with Crippen molar-refractivity contribution in [1.82, 2.24) is 0 Å². The van der Waals surface area contributed by atoms with Gasteiger partial charge in [-0.25, -0.2) is 0 Å². The van der Waals surface area contributed by atoms with Gasteiger partial charge in [-0.15, -0.1) is 0 Å². The van der Waals surface area contributed by atoms with Crippen LogP contribution in [0.4, 0.5) is 5.69 Å². The van der Waals surface area contributed by atoms with Crippen molar-refractivity contribution < 1.29 is 9.34 Å². The lowest BCUT2D eigenvalue weighted by molar-refractivity contribution is -0.384. The molecule has 0 aliphatic rings. The Balaban J connectivity index is 2.56. The van der Waals surface area contributed by atoms with E-state index in [0.29, 0.717) is 11.3 Å². The third-order valence-electron chi connectivity index (χ3n) is 2.08. The van der Waals surface area contributed by atoms with Crippen LogP contribution in [-0.2, 0) is 0 Å². The van der Waals surface area contributed by atoms with Crippen LogP contribution in [0.2, 0.25) is 0 Å². The van der Waals surface area contributed by atoms with Crippen LogP contribution in [0.5, 0.6) is 0 Å². The van der Waals surface area contributed by atoms with E-state index >= 15 is 0 Å². The average Bonchev–Trinajstić information content (AvgIpc) is 2.77. The Bertz CT molecular complexity index is 581. The molecule has 0 atom stereocenters. The van der Waals surface area contributed by atoms with Crippen LogP contribution in [0.1, 0.15) is 5.76 Å². The third kappa shape index (κ3) is 1.64. The van der Waals surface area contributed by atoms with E-state index in [-0.39, 0.29) is 11.4 Å². The number of hydrogen-bond donors (Lipinski definition) is 0. The molecule has 0 spiro atoms. The summed E-state index contributed by atoms with van der Waals surface area (Å²) in [6.07, 6.45) is 0. The molecule has 0 saturated heterocycles. The van der Waals surface area contributed by atoms with Crippen molar-refractivity contribution in [3.63, 3.8) is 0 Å². The second kappa shape index (κ2) is 3.87. The lowest BCUT2D eigenvalue weighted by Crippen LogP contribution is -1.90. The molecule has 5 nitrogen and oxygen atoms in total. The van der Waals surface area contributed by atoms with Crippen LogP contribution >= 0.6 is 0 Å². The molecular weight excluding hydrogens is 208 g/mol. The monoisotopic (exact) mass is 214 g/mol. The van der Waals surface area contributed by atoms with Crippen molar-refractivity contribution in [3.8, 4) is 17.4 Å². The van der Waals surface area contributed by atoms with E-state index in [1.807, 2.05) is 6.07 Å². The molecule has 0 saturated carbocycles. The van der Waals surface area contributed by atoms with E-state index in [4.69, 9.17) is 9.68 Å². The fraction of sp³-hybridized carbons (Fsp3) is 0. The van der Waals surface area contributed by atoms with E-state index in [1.54, 1.807) is 24.3 Å². The smallest absolute Gasteiger partial charge is 0.280 e. The fourth-order valence-corrected chi connectivity index (χ4v) is 1.38. The predicted molar refractivity (Wildman–Crippen MR) is 55.5 cm³/mol. The van der Waals surface area contributed by atoms with E-state index in [1.165, 1.54) is 12.1 Å². The molecular formula is C11H6N2O3. The number of nitriles is 1. The van der Waals surface area contributed by atoms with Gasteiger partial charge in [0.25, 0.3) is 5.69 Å². The Morgan fingerprint density at radius 1 is 1.25 bits per heavy atom. The first kappa shape index (κ1) is 9.93. The van der Waals surface area contributed by atoms with Gasteiger partial charge in [-0.3, -0.25) is 10.1 Å². The highest BCUT2D eigenvalue weighted by atomic mass is 16.6. The summed E-state index contributed by atoms with van der Waals surface area (Å²) in [7, 11) is 0. The second-order valence-electron chi connectivity index (χ2n) is 3.05. The highest BCUT2D eigenvalue weighted by Crippen LogP contribution is 2.30. The summed E-state index contributed by atoms with van der Waals surface area (Å²) in [5.74, 6) is 0.456. The van der Waals surface area contributed by atoms with Gasteiger partial charge in [-0.2, -0.15) is 5.26 Å². The second-order valence-corrected chi connectivity index (χ2v) is 3.05. The third-order valence-corrected chi connectivity index (χ3v) is 2.08. The normalized spacial score (nSPS) is 9.69. The summed E-state index contributed by atoms with van der Waals surface area (Å²) in [6, 6.07) is 11.1. The predicted octanol–water partition coefficient (Wildman–Crippen LogP) is 2.73. The Morgan fingerprint density at radius 3 is 2.62 bits per heavy atom. The maximum atomic E-state index is 10.8. The fourth-order valence-electron chi connectivity index (χ4n) is 1.38. The summed E-state index contributed by atoms with van der Waals surface area (Å²) >= 11 is 0. The maximum absolute atomic E-state index is 10.8. The molecule has 1 aromatic carbocycles. The van der Waals surface area contributed by atoms with Crippen LogP contribution < -0.4 is 0 Å². The van der Waals surface area contributed by atoms with E-state index in [0.717, 1.165) is 0 Å². The molecule has 0 aliphatic carbocycles. The average molecular weight is 214 g/mol. The van der Waals surface area contributed by atoms with Gasteiger partial charge >= 0.3 is 0 Å². The summed E-state index contributed by atoms with van der Waals surface area (Å²) in [4.78, 5) is 10.3. The summed E-state index contributed by atoms with van der Waals surface area (Å²) in [5, 5.41) is 19.4. The molecule has 78 valence electrons. The van der Waals surface area contributed by atoms with Gasteiger partial charge < -0.3 is 4.42 Å². The molecule has 16 heavy (non-hydrogen) atoms. The van der Waals surface area contributed by atoms with Gasteiger partial charge in [0, 0.05) is 6.07 Å². The minimum Gasteiger partial charge on any atom is -0.445 e. The first-order valence-corrected chi connectivity index (χ1v) is 4.46. The molecule has 0 unspecified atom stereocenters. The van der Waals surface area contributed by atoms with E-state index in [2.05, 4.69) is 0 Å². The molecule has 1 heterocycles. The van der Waals surface area contributed by atoms with Crippen LogP contribution in [0.3, 0.4) is 0 Å². The highest BCUT2D eigenvalue weighted by molar-refractivity contribution is 5.69. The van der Waals surface area contributed by atoms with Gasteiger partial charge in [0.15, 0.2) is 0 Å². The molecule has 0 radical (unpaired) electrons. The van der Waals surface area contributed by atoms with Crippen LogP contribution in [0.15, 0.2) is 40.8 Å². The quantitative estimate of drug-likeness (QED) is 0.568. The summed E-state index contributed by atoms with van der Waals surface area (Å²) in [5.41, 5.74) is 0.329. The molecule has 0 N–H and O–H groups in total. The Labute approximate surface area is 90.7 Å². The number of furan rings is 1. The summed E-state index contributed by atoms with van der Waals surface area (Å²) < 4.78 is 5.14. The molecule has 2 rings (SSSR count). The number of nitrogens with zero attached hydrogens (tertiary/aromatic N) is 2. The zero-order valence-electron chi connectivity index (χ0n) is 8.08. The number of nitro benzene ring substituents is 1. The van der Waals surface area contributed by atoms with Gasteiger partial charge in [-0.05, 0) is 18.2 Å². The lowest BCUT2D eigenvalue weighted by Gasteiger charge is -1.97. The van der Waals surface area contributed by atoms with Gasteiger partial charge in [0.05, 0.1) is 10.5 Å². The Kier molecular flexibility index (Phi) is 2.40. The molecule has 0 bridgehead atoms. The molecule has 0 fully saturated rings. The van der Waals surface area contributed by atoms with Crippen molar-refractivity contribution in [2.24, 2.45) is 0 Å². The number of benzene rings is 1. The Hall–Kier alpha value is -2.61.